The highest BCUT2D eigenvalue weighted by Gasteiger charge is 2.40. The largest absolute Gasteiger partial charge is 0.457 e. The van der Waals surface area contributed by atoms with Crippen molar-refractivity contribution in [3.05, 3.63) is 36.1 Å². The van der Waals surface area contributed by atoms with Crippen molar-refractivity contribution in [1.82, 2.24) is 0 Å². The normalized spacial score (nSPS) is 25.8. The zero-order chi connectivity index (χ0) is 15.8. The van der Waals surface area contributed by atoms with Crippen LogP contribution in [0.4, 0.5) is 0 Å². The fourth-order valence-corrected chi connectivity index (χ4v) is 4.24. The third-order valence-electron chi connectivity index (χ3n) is 5.38. The Morgan fingerprint density at radius 2 is 2.04 bits per heavy atom. The number of fused-ring (bicyclic) bond motifs is 3. The molecule has 4 rings (SSSR count). The molecule has 0 N–H and O–H groups in total. The molecule has 0 spiro atoms. The lowest BCUT2D eigenvalue weighted by Crippen LogP contribution is -2.19. The fraction of sp³-hybridized carbons (Fsp3) is 0.474. The predicted octanol–water partition coefficient (Wildman–Crippen LogP) is 3.99. The van der Waals surface area contributed by atoms with Gasteiger partial charge in [-0.05, 0) is 49.1 Å². The minimum Gasteiger partial charge on any atom is -0.457 e. The van der Waals surface area contributed by atoms with Gasteiger partial charge < -0.3 is 9.15 Å². The van der Waals surface area contributed by atoms with Crippen molar-refractivity contribution in [1.29, 1.82) is 0 Å². The molecule has 2 bridgehead atoms. The predicted molar refractivity (Wildman–Crippen MR) is 85.1 cm³/mol. The molecular weight excluding hydrogens is 292 g/mol. The van der Waals surface area contributed by atoms with E-state index in [1.807, 2.05) is 24.3 Å². The Morgan fingerprint density at radius 3 is 2.78 bits per heavy atom. The van der Waals surface area contributed by atoms with Gasteiger partial charge in [-0.3, -0.25) is 9.59 Å². The van der Waals surface area contributed by atoms with Gasteiger partial charge in [-0.2, -0.15) is 0 Å². The molecule has 1 heterocycles. The second-order valence-corrected chi connectivity index (χ2v) is 6.87. The average Bonchev–Trinajstić information content (AvgIpc) is 3.26. The number of hydrogen-bond acceptors (Lipinski definition) is 4. The van der Waals surface area contributed by atoms with Crippen molar-refractivity contribution >= 4 is 22.7 Å². The average molecular weight is 312 g/mol. The molecule has 23 heavy (non-hydrogen) atoms. The van der Waals surface area contributed by atoms with Crippen LogP contribution in [0.3, 0.4) is 0 Å². The van der Waals surface area contributed by atoms with E-state index < -0.39 is 0 Å². The van der Waals surface area contributed by atoms with Crippen LogP contribution in [0.1, 0.15) is 42.7 Å². The van der Waals surface area contributed by atoms with E-state index in [0.29, 0.717) is 23.8 Å². The topological polar surface area (TPSA) is 56.5 Å². The molecular formula is C19H20O4. The molecule has 2 aliphatic rings. The van der Waals surface area contributed by atoms with E-state index in [1.54, 1.807) is 6.07 Å². The summed E-state index contributed by atoms with van der Waals surface area (Å²) in [5, 5.41) is 0.879. The lowest BCUT2D eigenvalue weighted by atomic mass is 9.86. The molecule has 120 valence electrons. The number of rotatable bonds is 5. The fourth-order valence-electron chi connectivity index (χ4n) is 4.24. The van der Waals surface area contributed by atoms with Crippen LogP contribution in [0, 0.1) is 17.8 Å². The molecule has 2 aromatic rings. The second kappa shape index (κ2) is 5.84. The quantitative estimate of drug-likeness (QED) is 0.619. The smallest absolute Gasteiger partial charge is 0.306 e. The summed E-state index contributed by atoms with van der Waals surface area (Å²) in [6, 6.07) is 9.14. The van der Waals surface area contributed by atoms with Crippen LogP contribution in [0.5, 0.6) is 0 Å². The Hall–Kier alpha value is -2.10. The highest BCUT2D eigenvalue weighted by molar-refractivity contribution is 5.99. The molecule has 0 amide bonds. The molecule has 4 heteroatoms. The Balaban J connectivity index is 1.31. The number of benzene rings is 1. The Bertz CT molecular complexity index is 712. The van der Waals surface area contributed by atoms with E-state index in [1.165, 1.54) is 19.3 Å². The number of ketones is 1. The molecule has 2 aliphatic carbocycles. The van der Waals surface area contributed by atoms with Crippen molar-refractivity contribution < 1.29 is 18.7 Å². The number of hydrogen-bond donors (Lipinski definition) is 0. The van der Waals surface area contributed by atoms with Gasteiger partial charge in [0.15, 0.2) is 12.4 Å². The molecule has 4 nitrogen and oxygen atoms in total. The van der Waals surface area contributed by atoms with Crippen LogP contribution < -0.4 is 0 Å². The molecule has 0 aliphatic heterocycles. The second-order valence-electron chi connectivity index (χ2n) is 6.87. The first-order chi connectivity index (χ1) is 11.2. The molecule has 0 unspecified atom stereocenters. The number of para-hydroxylation sites is 1. The maximum Gasteiger partial charge on any atom is 0.306 e. The van der Waals surface area contributed by atoms with Crippen LogP contribution in [-0.4, -0.2) is 18.4 Å². The zero-order valence-electron chi connectivity index (χ0n) is 13.0. The molecule has 1 aromatic carbocycles. The molecule has 2 saturated carbocycles. The standard InChI is InChI=1S/C19H20O4/c20-16(18-9-14-3-1-2-4-17(14)23-18)11-22-19(21)10-15-8-12-5-6-13(15)7-12/h1-4,9,12-13,15H,5-8,10-11H2/t12-,13+,15-/m0/s1. The summed E-state index contributed by atoms with van der Waals surface area (Å²) in [5.74, 6) is 1.67. The summed E-state index contributed by atoms with van der Waals surface area (Å²) in [6.07, 6.45) is 5.45. The third kappa shape index (κ3) is 2.90. The number of carbonyl (C=O) groups is 2. The summed E-state index contributed by atoms with van der Waals surface area (Å²) >= 11 is 0. The minimum atomic E-state index is -0.289. The summed E-state index contributed by atoms with van der Waals surface area (Å²) < 4.78 is 10.7. The van der Waals surface area contributed by atoms with Gasteiger partial charge in [-0.15, -0.1) is 0 Å². The van der Waals surface area contributed by atoms with Crippen molar-refractivity contribution in [3.8, 4) is 0 Å². The van der Waals surface area contributed by atoms with Gasteiger partial charge in [0.25, 0.3) is 0 Å². The Kier molecular flexibility index (Phi) is 3.68. The molecule has 3 atom stereocenters. The summed E-state index contributed by atoms with van der Waals surface area (Å²) in [4.78, 5) is 24.1. The number of ether oxygens (including phenoxy) is 1. The maximum absolute atomic E-state index is 12.1. The monoisotopic (exact) mass is 312 g/mol. The highest BCUT2D eigenvalue weighted by Crippen LogP contribution is 2.49. The van der Waals surface area contributed by atoms with Crippen LogP contribution in [-0.2, 0) is 9.53 Å². The molecule has 0 radical (unpaired) electrons. The molecule has 2 fully saturated rings. The number of Topliss-reactive ketones (excluding diaryl/α,β-unsaturated/α-hetero) is 1. The summed E-state index contributed by atoms with van der Waals surface area (Å²) in [6.45, 7) is -0.237. The van der Waals surface area contributed by atoms with Crippen LogP contribution in [0.15, 0.2) is 34.7 Å². The minimum absolute atomic E-state index is 0.237. The molecule has 0 saturated heterocycles. The highest BCUT2D eigenvalue weighted by atomic mass is 16.5. The van der Waals surface area contributed by atoms with E-state index in [0.717, 1.165) is 17.7 Å². The van der Waals surface area contributed by atoms with Gasteiger partial charge in [0.05, 0.1) is 0 Å². The third-order valence-corrected chi connectivity index (χ3v) is 5.38. The first kappa shape index (κ1) is 14.5. The van der Waals surface area contributed by atoms with E-state index in [2.05, 4.69) is 0 Å². The van der Waals surface area contributed by atoms with E-state index in [-0.39, 0.29) is 24.1 Å². The van der Waals surface area contributed by atoms with Crippen molar-refractivity contribution in [2.45, 2.75) is 32.1 Å². The van der Waals surface area contributed by atoms with Crippen LogP contribution in [0.25, 0.3) is 11.0 Å². The first-order valence-electron chi connectivity index (χ1n) is 8.36. The Labute approximate surface area is 134 Å². The van der Waals surface area contributed by atoms with Gasteiger partial charge in [0, 0.05) is 11.8 Å². The lowest BCUT2D eigenvalue weighted by molar-refractivity contribution is -0.144. The van der Waals surface area contributed by atoms with Gasteiger partial charge >= 0.3 is 5.97 Å². The number of esters is 1. The first-order valence-corrected chi connectivity index (χ1v) is 8.36. The van der Waals surface area contributed by atoms with Crippen molar-refractivity contribution in [2.75, 3.05) is 6.61 Å². The SMILES string of the molecule is O=C(C[C@@H]1C[C@H]2CC[C@@H]1C2)OCC(=O)c1cc2ccccc2o1. The van der Waals surface area contributed by atoms with Crippen molar-refractivity contribution in [2.24, 2.45) is 17.8 Å². The van der Waals surface area contributed by atoms with Gasteiger partial charge in [-0.25, -0.2) is 0 Å². The lowest BCUT2D eigenvalue weighted by Gasteiger charge is -2.20. The summed E-state index contributed by atoms with van der Waals surface area (Å²) in [5.41, 5.74) is 0.671. The summed E-state index contributed by atoms with van der Waals surface area (Å²) in [7, 11) is 0. The van der Waals surface area contributed by atoms with E-state index >= 15 is 0 Å². The number of furan rings is 1. The van der Waals surface area contributed by atoms with Gasteiger partial charge in [-0.1, -0.05) is 24.6 Å². The Morgan fingerprint density at radius 1 is 1.17 bits per heavy atom. The van der Waals surface area contributed by atoms with Crippen LogP contribution in [0.2, 0.25) is 0 Å². The molecule has 1 aromatic heterocycles. The zero-order valence-corrected chi connectivity index (χ0v) is 13.0. The number of carbonyl (C=O) groups excluding carboxylic acids is 2. The van der Waals surface area contributed by atoms with E-state index in [4.69, 9.17) is 9.15 Å². The van der Waals surface area contributed by atoms with Crippen LogP contribution >= 0.6 is 0 Å². The van der Waals surface area contributed by atoms with Gasteiger partial charge in [0.1, 0.15) is 5.58 Å². The van der Waals surface area contributed by atoms with E-state index in [9.17, 15) is 9.59 Å². The maximum atomic E-state index is 12.1. The van der Waals surface area contributed by atoms with Crippen molar-refractivity contribution in [3.63, 3.8) is 0 Å². The van der Waals surface area contributed by atoms with Gasteiger partial charge in [0.2, 0.25) is 5.78 Å².